The van der Waals surface area contributed by atoms with E-state index in [0.717, 1.165) is 31.2 Å². The third kappa shape index (κ3) is 3.75. The number of urea groups is 1. The van der Waals surface area contributed by atoms with Crippen molar-refractivity contribution in [3.8, 4) is 0 Å². The van der Waals surface area contributed by atoms with Gasteiger partial charge in [0, 0.05) is 18.0 Å². The summed E-state index contributed by atoms with van der Waals surface area (Å²) in [5.74, 6) is -0.357. The molecular formula is C21H28ClN3O3. The number of hydrogen-bond acceptors (Lipinski definition) is 3. The Morgan fingerprint density at radius 2 is 1.79 bits per heavy atom. The minimum Gasteiger partial charge on any atom is -0.347 e. The Morgan fingerprint density at radius 1 is 1.18 bits per heavy atom. The van der Waals surface area contributed by atoms with Crippen molar-refractivity contribution in [2.75, 3.05) is 6.54 Å². The average molecular weight is 406 g/mol. The van der Waals surface area contributed by atoms with Gasteiger partial charge < -0.3 is 10.6 Å². The van der Waals surface area contributed by atoms with Crippen molar-refractivity contribution in [2.24, 2.45) is 0 Å². The number of carbonyl (C=O) groups excluding carboxylic acids is 3. The number of nitrogens with zero attached hydrogens (tertiary/aromatic N) is 1. The first-order chi connectivity index (χ1) is 13.4. The Kier molecular flexibility index (Phi) is 5.98. The molecule has 2 N–H and O–H groups in total. The van der Waals surface area contributed by atoms with E-state index in [1.807, 2.05) is 38.1 Å². The molecule has 1 saturated carbocycles. The molecule has 7 heteroatoms. The maximum absolute atomic E-state index is 12.7. The Morgan fingerprint density at radius 3 is 2.36 bits per heavy atom. The topological polar surface area (TPSA) is 78.5 Å². The van der Waals surface area contributed by atoms with Crippen molar-refractivity contribution < 1.29 is 14.4 Å². The zero-order valence-electron chi connectivity index (χ0n) is 16.5. The lowest BCUT2D eigenvalue weighted by molar-refractivity contribution is -0.131. The highest BCUT2D eigenvalue weighted by Crippen LogP contribution is 2.35. The zero-order valence-corrected chi connectivity index (χ0v) is 17.3. The van der Waals surface area contributed by atoms with Crippen LogP contribution in [0.25, 0.3) is 0 Å². The van der Waals surface area contributed by atoms with Crippen molar-refractivity contribution in [2.45, 2.75) is 69.9 Å². The molecule has 1 aromatic carbocycles. The largest absolute Gasteiger partial charge is 0.347 e. The SMILES string of the molecule is CCC(CC)(NC(=O)CCN1C(=O)NC2(CCCC2)C1=O)c1ccc(Cl)cc1. The van der Waals surface area contributed by atoms with Gasteiger partial charge in [0.05, 0.1) is 5.54 Å². The Labute approximate surface area is 171 Å². The second-order valence-electron chi connectivity index (χ2n) is 7.77. The molecule has 2 fully saturated rings. The Balaban J connectivity index is 1.65. The van der Waals surface area contributed by atoms with E-state index < -0.39 is 11.1 Å². The molecule has 1 heterocycles. The summed E-state index contributed by atoms with van der Waals surface area (Å²) in [7, 11) is 0. The number of halogens is 1. The number of rotatable bonds is 7. The van der Waals surface area contributed by atoms with E-state index in [-0.39, 0.29) is 30.8 Å². The molecule has 2 aliphatic rings. The lowest BCUT2D eigenvalue weighted by atomic mass is 9.84. The van der Waals surface area contributed by atoms with Crippen LogP contribution in [0.15, 0.2) is 24.3 Å². The summed E-state index contributed by atoms with van der Waals surface area (Å²) < 4.78 is 0. The molecule has 4 amide bonds. The van der Waals surface area contributed by atoms with Crippen molar-refractivity contribution in [1.29, 1.82) is 0 Å². The molecule has 1 aliphatic carbocycles. The normalized spacial score (nSPS) is 18.6. The third-order valence-electron chi connectivity index (χ3n) is 6.25. The van der Waals surface area contributed by atoms with Crippen molar-refractivity contribution in [3.05, 3.63) is 34.9 Å². The summed E-state index contributed by atoms with van der Waals surface area (Å²) in [6, 6.07) is 7.11. The van der Waals surface area contributed by atoms with E-state index >= 15 is 0 Å². The van der Waals surface area contributed by atoms with Gasteiger partial charge in [0.2, 0.25) is 5.91 Å². The van der Waals surface area contributed by atoms with Crippen LogP contribution in [0, 0.1) is 0 Å². The minimum atomic E-state index is -0.729. The highest BCUT2D eigenvalue weighted by Gasteiger charge is 2.52. The van der Waals surface area contributed by atoms with Gasteiger partial charge in [0.1, 0.15) is 5.54 Å². The third-order valence-corrected chi connectivity index (χ3v) is 6.50. The number of imide groups is 1. The van der Waals surface area contributed by atoms with Crippen molar-refractivity contribution in [1.82, 2.24) is 15.5 Å². The summed E-state index contributed by atoms with van der Waals surface area (Å²) >= 11 is 5.99. The Bertz CT molecular complexity index is 753. The Hall–Kier alpha value is -2.08. The molecule has 0 unspecified atom stereocenters. The number of carbonyl (C=O) groups is 3. The fraction of sp³-hybridized carbons (Fsp3) is 0.571. The van der Waals surface area contributed by atoms with Gasteiger partial charge in [-0.15, -0.1) is 0 Å². The first-order valence-electron chi connectivity index (χ1n) is 10.1. The van der Waals surface area contributed by atoms with Crippen LogP contribution < -0.4 is 10.6 Å². The second kappa shape index (κ2) is 8.11. The molecule has 0 atom stereocenters. The predicted octanol–water partition coefficient (Wildman–Crippen LogP) is 3.73. The maximum Gasteiger partial charge on any atom is 0.325 e. The summed E-state index contributed by atoms with van der Waals surface area (Å²) in [5, 5.41) is 6.63. The second-order valence-corrected chi connectivity index (χ2v) is 8.21. The molecule has 0 bridgehead atoms. The highest BCUT2D eigenvalue weighted by atomic mass is 35.5. The van der Waals surface area contributed by atoms with Crippen molar-refractivity contribution in [3.63, 3.8) is 0 Å². The summed E-state index contributed by atoms with van der Waals surface area (Å²) in [6.07, 6.45) is 4.79. The number of amides is 4. The number of hydrogen-bond donors (Lipinski definition) is 2. The van der Waals surface area contributed by atoms with Gasteiger partial charge in [-0.3, -0.25) is 14.5 Å². The van der Waals surface area contributed by atoms with Crippen LogP contribution in [0.5, 0.6) is 0 Å². The van der Waals surface area contributed by atoms with Crippen LogP contribution in [0.4, 0.5) is 4.79 Å². The molecule has 28 heavy (non-hydrogen) atoms. The zero-order chi connectivity index (χ0) is 20.4. The standard InChI is InChI=1S/C21H28ClN3O3/c1-3-20(4-2,15-7-9-16(22)10-8-15)23-17(26)11-14-25-18(27)21(24-19(25)28)12-5-6-13-21/h7-10H,3-6,11-14H2,1-2H3,(H,23,26)(H,24,28). The molecule has 6 nitrogen and oxygen atoms in total. The summed E-state index contributed by atoms with van der Waals surface area (Å²) in [5.41, 5.74) is -0.228. The quantitative estimate of drug-likeness (QED) is 0.678. The average Bonchev–Trinajstić information content (AvgIpc) is 3.24. The van der Waals surface area contributed by atoms with E-state index in [9.17, 15) is 14.4 Å². The minimum absolute atomic E-state index is 0.0879. The maximum atomic E-state index is 12.7. The van der Waals surface area contributed by atoms with E-state index in [2.05, 4.69) is 10.6 Å². The van der Waals surface area contributed by atoms with Crippen LogP contribution in [0.3, 0.4) is 0 Å². The van der Waals surface area contributed by atoms with Gasteiger partial charge in [-0.05, 0) is 43.4 Å². The van der Waals surface area contributed by atoms with E-state index in [0.29, 0.717) is 17.9 Å². The van der Waals surface area contributed by atoms with Gasteiger partial charge in [0.15, 0.2) is 0 Å². The fourth-order valence-electron chi connectivity index (χ4n) is 4.42. The number of benzene rings is 1. The van der Waals surface area contributed by atoms with Gasteiger partial charge in [-0.1, -0.05) is 50.4 Å². The fourth-order valence-corrected chi connectivity index (χ4v) is 4.54. The van der Waals surface area contributed by atoms with Crippen LogP contribution in [-0.2, 0) is 15.1 Å². The molecule has 152 valence electrons. The lowest BCUT2D eigenvalue weighted by Crippen LogP contribution is -2.46. The van der Waals surface area contributed by atoms with Gasteiger partial charge >= 0.3 is 6.03 Å². The molecule has 1 aliphatic heterocycles. The van der Waals surface area contributed by atoms with Gasteiger partial charge in [-0.2, -0.15) is 0 Å². The molecule has 1 spiro atoms. The van der Waals surface area contributed by atoms with Crippen molar-refractivity contribution >= 4 is 29.4 Å². The van der Waals surface area contributed by atoms with Crippen LogP contribution in [0.1, 0.15) is 64.4 Å². The highest BCUT2D eigenvalue weighted by molar-refractivity contribution is 6.30. The first kappa shape index (κ1) is 20.6. The molecule has 1 aromatic rings. The summed E-state index contributed by atoms with van der Waals surface area (Å²) in [4.78, 5) is 38.9. The molecule has 0 radical (unpaired) electrons. The smallest absolute Gasteiger partial charge is 0.325 e. The lowest BCUT2D eigenvalue weighted by Gasteiger charge is -2.34. The molecule has 3 rings (SSSR count). The van der Waals surface area contributed by atoms with E-state index in [4.69, 9.17) is 11.6 Å². The molecule has 1 saturated heterocycles. The van der Waals surface area contributed by atoms with E-state index in [1.165, 1.54) is 4.90 Å². The first-order valence-corrected chi connectivity index (χ1v) is 10.4. The van der Waals surface area contributed by atoms with E-state index in [1.54, 1.807) is 0 Å². The monoisotopic (exact) mass is 405 g/mol. The van der Waals surface area contributed by atoms with Crippen LogP contribution in [-0.4, -0.2) is 34.8 Å². The van der Waals surface area contributed by atoms with Crippen LogP contribution in [0.2, 0.25) is 5.02 Å². The van der Waals surface area contributed by atoms with Gasteiger partial charge in [-0.25, -0.2) is 4.79 Å². The number of nitrogens with one attached hydrogen (secondary N) is 2. The molecular weight excluding hydrogens is 378 g/mol. The van der Waals surface area contributed by atoms with Crippen LogP contribution >= 0.6 is 11.6 Å². The van der Waals surface area contributed by atoms with Gasteiger partial charge in [0.25, 0.3) is 5.91 Å². The summed E-state index contributed by atoms with van der Waals surface area (Å²) in [6.45, 7) is 4.15. The molecule has 0 aromatic heterocycles. The predicted molar refractivity (Wildman–Crippen MR) is 108 cm³/mol.